The van der Waals surface area contributed by atoms with Gasteiger partial charge in [-0.3, -0.25) is 19.2 Å². The van der Waals surface area contributed by atoms with Crippen molar-refractivity contribution in [3.05, 3.63) is 65.3 Å². The van der Waals surface area contributed by atoms with Crippen molar-refractivity contribution in [1.29, 1.82) is 0 Å². The quantitative estimate of drug-likeness (QED) is 0.313. The van der Waals surface area contributed by atoms with Crippen molar-refractivity contribution in [3.63, 3.8) is 0 Å². The van der Waals surface area contributed by atoms with Crippen LogP contribution in [0, 0.1) is 11.7 Å². The Kier molecular flexibility index (Phi) is 9.33. The number of benzene rings is 1. The summed E-state index contributed by atoms with van der Waals surface area (Å²) >= 11 is 4.75. The Morgan fingerprint density at radius 1 is 1.29 bits per heavy atom. The third kappa shape index (κ3) is 6.49. The number of ketones is 1. The van der Waals surface area contributed by atoms with E-state index in [2.05, 4.69) is 16.1 Å². The van der Waals surface area contributed by atoms with Gasteiger partial charge in [-0.1, -0.05) is 24.3 Å². The zero-order chi connectivity index (χ0) is 23.4. The molecule has 1 aliphatic carbocycles. The maximum Gasteiger partial charge on any atom is 0.310 e. The van der Waals surface area contributed by atoms with Crippen LogP contribution in [-0.2, 0) is 27.3 Å². The zero-order valence-corrected chi connectivity index (χ0v) is 20.9. The van der Waals surface area contributed by atoms with Crippen LogP contribution in [0.4, 0.5) is 4.39 Å². The number of halogens is 2. The van der Waals surface area contributed by atoms with E-state index in [-0.39, 0.29) is 47.6 Å². The molecule has 2 aliphatic rings. The number of nitrogens with zero attached hydrogens (tertiary/aromatic N) is 3. The van der Waals surface area contributed by atoms with Gasteiger partial charge in [0.15, 0.2) is 5.78 Å². The molecule has 34 heavy (non-hydrogen) atoms. The van der Waals surface area contributed by atoms with Gasteiger partial charge in [-0.15, -0.1) is 12.4 Å². The lowest BCUT2D eigenvalue weighted by Crippen LogP contribution is -2.42. The number of aromatic nitrogens is 2. The molecule has 2 unspecified atom stereocenters. The summed E-state index contributed by atoms with van der Waals surface area (Å²) < 4.78 is 21.4. The van der Waals surface area contributed by atoms with Crippen molar-refractivity contribution < 1.29 is 18.7 Å². The summed E-state index contributed by atoms with van der Waals surface area (Å²) in [5.41, 5.74) is 2.35. The van der Waals surface area contributed by atoms with Gasteiger partial charge in [-0.2, -0.15) is 17.7 Å². The molecule has 2 heterocycles. The van der Waals surface area contributed by atoms with Gasteiger partial charge in [0.1, 0.15) is 5.82 Å². The molecule has 1 aromatic carbocycles. The summed E-state index contributed by atoms with van der Waals surface area (Å²) in [5.74, 6) is -0.445. The number of allylic oxidation sites excluding steroid dienone is 1. The van der Waals surface area contributed by atoms with E-state index in [9.17, 15) is 14.0 Å². The SMILES string of the molecule is CCOC(=O)Cc1cnn(C/C=C2/CN(C(C(=O)C3CC3)c3ccccc3F)CCC2S)c1.Cl. The van der Waals surface area contributed by atoms with Gasteiger partial charge in [0.2, 0.25) is 0 Å². The average Bonchev–Trinajstić information content (AvgIpc) is 3.56. The summed E-state index contributed by atoms with van der Waals surface area (Å²) in [6, 6.07) is 6.04. The second-order valence-corrected chi connectivity index (χ2v) is 9.33. The fourth-order valence-corrected chi connectivity index (χ4v) is 4.62. The van der Waals surface area contributed by atoms with Crippen molar-refractivity contribution in [3.8, 4) is 0 Å². The molecule has 2 atom stereocenters. The Hall–Kier alpha value is -2.16. The number of thiol groups is 1. The van der Waals surface area contributed by atoms with Gasteiger partial charge < -0.3 is 4.74 Å². The van der Waals surface area contributed by atoms with Gasteiger partial charge in [0.05, 0.1) is 31.8 Å². The van der Waals surface area contributed by atoms with E-state index in [1.165, 1.54) is 6.07 Å². The molecule has 6 nitrogen and oxygen atoms in total. The maximum absolute atomic E-state index is 14.7. The van der Waals surface area contributed by atoms with Crippen LogP contribution in [0.5, 0.6) is 0 Å². The van der Waals surface area contributed by atoms with Gasteiger partial charge in [-0.05, 0) is 37.8 Å². The first-order valence-electron chi connectivity index (χ1n) is 11.5. The second-order valence-electron chi connectivity index (χ2n) is 8.71. The summed E-state index contributed by atoms with van der Waals surface area (Å²) in [6.45, 7) is 3.92. The lowest BCUT2D eigenvalue weighted by Gasteiger charge is -2.37. The molecule has 1 aromatic heterocycles. The maximum atomic E-state index is 14.7. The summed E-state index contributed by atoms with van der Waals surface area (Å²) in [5, 5.41) is 4.41. The first kappa shape index (κ1) is 26.4. The molecule has 2 aromatic rings. The fourth-order valence-electron chi connectivity index (χ4n) is 4.32. The predicted molar refractivity (Wildman–Crippen MR) is 134 cm³/mol. The lowest BCUT2D eigenvalue weighted by atomic mass is 9.93. The summed E-state index contributed by atoms with van der Waals surface area (Å²) in [7, 11) is 0. The number of likely N-dealkylation sites (tertiary alicyclic amines) is 1. The largest absolute Gasteiger partial charge is 0.466 e. The van der Waals surface area contributed by atoms with Crippen molar-refractivity contribution >= 4 is 36.8 Å². The van der Waals surface area contributed by atoms with Crippen LogP contribution in [-0.4, -0.2) is 51.4 Å². The van der Waals surface area contributed by atoms with Crippen molar-refractivity contribution in [2.45, 2.75) is 50.4 Å². The fraction of sp³-hybridized carbons (Fsp3) is 0.480. The number of hydrogen-bond donors (Lipinski definition) is 1. The van der Waals surface area contributed by atoms with Crippen LogP contribution in [0.15, 0.2) is 48.3 Å². The number of Topliss-reactive ketones (excluding diaryl/α,β-unsaturated/α-hetero) is 1. The Labute approximate surface area is 211 Å². The predicted octanol–water partition coefficient (Wildman–Crippen LogP) is 4.20. The minimum Gasteiger partial charge on any atom is -0.466 e. The minimum atomic E-state index is -0.566. The van der Waals surface area contributed by atoms with Crippen LogP contribution >= 0.6 is 25.0 Å². The molecule has 184 valence electrons. The lowest BCUT2D eigenvalue weighted by molar-refractivity contribution is -0.142. The highest BCUT2D eigenvalue weighted by Gasteiger charge is 2.40. The highest BCUT2D eigenvalue weighted by atomic mass is 35.5. The van der Waals surface area contributed by atoms with Gasteiger partial charge >= 0.3 is 5.97 Å². The Balaban J connectivity index is 0.00000324. The van der Waals surface area contributed by atoms with E-state index in [0.717, 1.165) is 30.4 Å². The number of carbonyl (C=O) groups excluding carboxylic acids is 2. The molecular formula is C25H31ClFN3O3S. The average molecular weight is 508 g/mol. The van der Waals surface area contributed by atoms with Gasteiger partial charge in [0, 0.05) is 41.6 Å². The van der Waals surface area contributed by atoms with Gasteiger partial charge in [-0.25, -0.2) is 4.39 Å². The number of ether oxygens (including phenoxy) is 1. The first-order chi connectivity index (χ1) is 16.0. The van der Waals surface area contributed by atoms with E-state index in [4.69, 9.17) is 17.4 Å². The van der Waals surface area contributed by atoms with E-state index in [1.807, 2.05) is 6.20 Å². The van der Waals surface area contributed by atoms with Crippen LogP contribution in [0.1, 0.15) is 43.4 Å². The number of rotatable bonds is 9. The molecule has 4 rings (SSSR count). The highest BCUT2D eigenvalue weighted by molar-refractivity contribution is 7.81. The molecule has 0 amide bonds. The Bertz CT molecular complexity index is 1040. The molecule has 2 fully saturated rings. The number of esters is 1. The topological polar surface area (TPSA) is 64.4 Å². The molecule has 0 radical (unpaired) electrons. The van der Waals surface area contributed by atoms with Crippen molar-refractivity contribution in [1.82, 2.24) is 14.7 Å². The highest BCUT2D eigenvalue weighted by Crippen LogP contribution is 2.39. The standard InChI is InChI=1S/C25H30FN3O3S.ClH/c1-2-32-23(30)13-17-14-27-29(15-17)12-9-19-16-28(11-10-22(19)33)24(25(31)18-7-8-18)20-5-3-4-6-21(20)26;/h3-6,9,14-15,18,22,24,33H,2,7-8,10-13,16H2,1H3;1H/b19-9-;. The molecular weight excluding hydrogens is 477 g/mol. The number of piperidine rings is 1. The van der Waals surface area contributed by atoms with Crippen LogP contribution in [0.2, 0.25) is 0 Å². The third-order valence-electron chi connectivity index (χ3n) is 6.20. The van der Waals surface area contributed by atoms with Crippen molar-refractivity contribution in [2.75, 3.05) is 19.7 Å². The van der Waals surface area contributed by atoms with Crippen LogP contribution in [0.3, 0.4) is 0 Å². The van der Waals surface area contributed by atoms with Crippen molar-refractivity contribution in [2.24, 2.45) is 5.92 Å². The number of carbonyl (C=O) groups is 2. The smallest absolute Gasteiger partial charge is 0.310 e. The summed E-state index contributed by atoms with van der Waals surface area (Å²) in [4.78, 5) is 26.9. The second kappa shape index (κ2) is 12.0. The van der Waals surface area contributed by atoms with E-state index >= 15 is 0 Å². The number of hydrogen-bond acceptors (Lipinski definition) is 6. The Morgan fingerprint density at radius 2 is 2.06 bits per heavy atom. The summed E-state index contributed by atoms with van der Waals surface area (Å²) in [6.07, 6.45) is 8.34. The molecule has 0 N–H and O–H groups in total. The monoisotopic (exact) mass is 507 g/mol. The minimum absolute atomic E-state index is 0. The van der Waals surface area contributed by atoms with E-state index in [0.29, 0.717) is 31.8 Å². The molecule has 1 saturated carbocycles. The van der Waals surface area contributed by atoms with Crippen LogP contribution in [0.25, 0.3) is 0 Å². The first-order valence-corrected chi connectivity index (χ1v) is 12.0. The third-order valence-corrected chi connectivity index (χ3v) is 6.79. The zero-order valence-electron chi connectivity index (χ0n) is 19.2. The van der Waals surface area contributed by atoms with Crippen LogP contribution < -0.4 is 0 Å². The van der Waals surface area contributed by atoms with Gasteiger partial charge in [0.25, 0.3) is 0 Å². The molecule has 1 saturated heterocycles. The van der Waals surface area contributed by atoms with E-state index < -0.39 is 6.04 Å². The molecule has 9 heteroatoms. The van der Waals surface area contributed by atoms with E-state index in [1.54, 1.807) is 36.0 Å². The molecule has 1 aliphatic heterocycles. The molecule has 0 bridgehead atoms. The normalized spacial score (nSPS) is 20.6. The Morgan fingerprint density at radius 3 is 2.76 bits per heavy atom. The molecule has 0 spiro atoms.